The number of alkyl halides is 2. The molecular formula is C14H17F2NO. The second kappa shape index (κ2) is 5.96. The highest BCUT2D eigenvalue weighted by Crippen LogP contribution is 2.22. The molecule has 1 N–H and O–H groups in total. The summed E-state index contributed by atoms with van der Waals surface area (Å²) >= 11 is 0. The van der Waals surface area contributed by atoms with E-state index in [1.165, 1.54) is 0 Å². The summed E-state index contributed by atoms with van der Waals surface area (Å²) in [7, 11) is 0. The average Bonchev–Trinajstić information content (AvgIpc) is 2.81. The summed E-state index contributed by atoms with van der Waals surface area (Å²) in [4.78, 5) is 0. The Hall–Kier alpha value is -1.42. The van der Waals surface area contributed by atoms with Crippen molar-refractivity contribution in [1.82, 2.24) is 5.32 Å². The number of rotatable bonds is 5. The Morgan fingerprint density at radius 1 is 1.28 bits per heavy atom. The van der Waals surface area contributed by atoms with E-state index in [1.54, 1.807) is 18.2 Å². The molecule has 0 saturated heterocycles. The van der Waals surface area contributed by atoms with Gasteiger partial charge in [0.15, 0.2) is 0 Å². The van der Waals surface area contributed by atoms with Crippen molar-refractivity contribution in [2.75, 3.05) is 0 Å². The zero-order valence-electron chi connectivity index (χ0n) is 10.3. The SMILES string of the molecule is CC(NC1CC=CC1)c1cccc(OC(F)F)c1. The Kier molecular flexibility index (Phi) is 4.31. The first-order chi connectivity index (χ1) is 8.65. The van der Waals surface area contributed by atoms with Crippen LogP contribution >= 0.6 is 0 Å². The van der Waals surface area contributed by atoms with Crippen molar-refractivity contribution in [1.29, 1.82) is 0 Å². The maximum atomic E-state index is 12.1. The molecule has 0 aromatic heterocycles. The summed E-state index contributed by atoms with van der Waals surface area (Å²) in [6, 6.07) is 7.41. The van der Waals surface area contributed by atoms with Gasteiger partial charge < -0.3 is 10.1 Å². The van der Waals surface area contributed by atoms with E-state index in [1.807, 2.05) is 13.0 Å². The molecule has 1 atom stereocenters. The van der Waals surface area contributed by atoms with E-state index in [2.05, 4.69) is 22.2 Å². The van der Waals surface area contributed by atoms with Crippen LogP contribution in [-0.4, -0.2) is 12.7 Å². The number of benzene rings is 1. The standard InChI is InChI=1S/C14H17F2NO/c1-10(17-12-6-2-3-7-12)11-5-4-8-13(9-11)18-14(15)16/h2-5,8-10,12,14,17H,6-7H2,1H3. The van der Waals surface area contributed by atoms with Gasteiger partial charge in [-0.05, 0) is 37.5 Å². The van der Waals surface area contributed by atoms with Crippen molar-refractivity contribution in [2.24, 2.45) is 0 Å². The molecule has 0 spiro atoms. The van der Waals surface area contributed by atoms with Gasteiger partial charge in [0.2, 0.25) is 0 Å². The molecule has 1 aliphatic rings. The minimum atomic E-state index is -2.78. The molecule has 1 unspecified atom stereocenters. The smallest absolute Gasteiger partial charge is 0.387 e. The van der Waals surface area contributed by atoms with Gasteiger partial charge in [-0.3, -0.25) is 0 Å². The zero-order chi connectivity index (χ0) is 13.0. The third-order valence-corrected chi connectivity index (χ3v) is 3.08. The Balaban J connectivity index is 1.98. The second-order valence-corrected chi connectivity index (χ2v) is 4.48. The quantitative estimate of drug-likeness (QED) is 0.809. The highest BCUT2D eigenvalue weighted by Gasteiger charge is 2.15. The van der Waals surface area contributed by atoms with Crippen molar-refractivity contribution in [2.45, 2.75) is 38.5 Å². The first-order valence-electron chi connectivity index (χ1n) is 6.11. The molecule has 0 fully saturated rings. The molecular weight excluding hydrogens is 236 g/mol. The molecule has 0 amide bonds. The van der Waals surface area contributed by atoms with Gasteiger partial charge in [0.1, 0.15) is 5.75 Å². The summed E-state index contributed by atoms with van der Waals surface area (Å²) in [5, 5.41) is 3.47. The summed E-state index contributed by atoms with van der Waals surface area (Å²) in [6.45, 7) is -0.748. The molecule has 4 heteroatoms. The van der Waals surface area contributed by atoms with Gasteiger partial charge in [0, 0.05) is 12.1 Å². The van der Waals surface area contributed by atoms with Crippen LogP contribution in [0.2, 0.25) is 0 Å². The lowest BCUT2D eigenvalue weighted by molar-refractivity contribution is -0.0499. The van der Waals surface area contributed by atoms with Gasteiger partial charge in [0.05, 0.1) is 0 Å². The van der Waals surface area contributed by atoms with E-state index >= 15 is 0 Å². The normalized spacial score (nSPS) is 17.3. The Morgan fingerprint density at radius 3 is 2.67 bits per heavy atom. The van der Waals surface area contributed by atoms with Crippen molar-refractivity contribution in [3.63, 3.8) is 0 Å². The van der Waals surface area contributed by atoms with E-state index in [9.17, 15) is 8.78 Å². The molecule has 1 aromatic rings. The Morgan fingerprint density at radius 2 is 2.00 bits per heavy atom. The third-order valence-electron chi connectivity index (χ3n) is 3.08. The number of halogens is 2. The molecule has 0 radical (unpaired) electrons. The van der Waals surface area contributed by atoms with Crippen LogP contribution in [0.25, 0.3) is 0 Å². The number of hydrogen-bond acceptors (Lipinski definition) is 2. The average molecular weight is 253 g/mol. The van der Waals surface area contributed by atoms with Gasteiger partial charge in [-0.25, -0.2) is 0 Å². The monoisotopic (exact) mass is 253 g/mol. The molecule has 0 aliphatic heterocycles. The van der Waals surface area contributed by atoms with Crippen LogP contribution < -0.4 is 10.1 Å². The first-order valence-corrected chi connectivity index (χ1v) is 6.11. The lowest BCUT2D eigenvalue weighted by Gasteiger charge is -2.20. The van der Waals surface area contributed by atoms with Crippen LogP contribution in [0.4, 0.5) is 8.78 Å². The molecule has 0 heterocycles. The highest BCUT2D eigenvalue weighted by molar-refractivity contribution is 5.30. The first kappa shape index (κ1) is 13.0. The maximum Gasteiger partial charge on any atom is 0.387 e. The summed E-state index contributed by atoms with van der Waals surface area (Å²) < 4.78 is 28.7. The summed E-state index contributed by atoms with van der Waals surface area (Å²) in [5.74, 6) is 0.209. The fourth-order valence-corrected chi connectivity index (χ4v) is 2.16. The Labute approximate surface area is 106 Å². The van der Waals surface area contributed by atoms with Crippen LogP contribution in [0.15, 0.2) is 36.4 Å². The number of nitrogens with one attached hydrogen (secondary N) is 1. The molecule has 0 bridgehead atoms. The minimum absolute atomic E-state index is 0.121. The van der Waals surface area contributed by atoms with Crippen molar-refractivity contribution in [3.05, 3.63) is 42.0 Å². The van der Waals surface area contributed by atoms with Crippen LogP contribution in [-0.2, 0) is 0 Å². The molecule has 2 rings (SSSR count). The maximum absolute atomic E-state index is 12.1. The third kappa shape index (κ3) is 3.53. The largest absolute Gasteiger partial charge is 0.435 e. The minimum Gasteiger partial charge on any atom is -0.435 e. The lowest BCUT2D eigenvalue weighted by Crippen LogP contribution is -2.29. The van der Waals surface area contributed by atoms with E-state index in [0.29, 0.717) is 6.04 Å². The molecule has 18 heavy (non-hydrogen) atoms. The van der Waals surface area contributed by atoms with Crippen molar-refractivity contribution in [3.8, 4) is 5.75 Å². The van der Waals surface area contributed by atoms with E-state index in [4.69, 9.17) is 0 Å². The van der Waals surface area contributed by atoms with E-state index in [-0.39, 0.29) is 11.8 Å². The number of hydrogen-bond donors (Lipinski definition) is 1. The van der Waals surface area contributed by atoms with Crippen molar-refractivity contribution < 1.29 is 13.5 Å². The zero-order valence-corrected chi connectivity index (χ0v) is 10.3. The fourth-order valence-electron chi connectivity index (χ4n) is 2.16. The van der Waals surface area contributed by atoms with Gasteiger partial charge in [0.25, 0.3) is 0 Å². The fraction of sp³-hybridized carbons (Fsp3) is 0.429. The van der Waals surface area contributed by atoms with Crippen LogP contribution in [0.1, 0.15) is 31.4 Å². The van der Waals surface area contributed by atoms with Gasteiger partial charge >= 0.3 is 6.61 Å². The van der Waals surface area contributed by atoms with Crippen LogP contribution in [0, 0.1) is 0 Å². The molecule has 1 aliphatic carbocycles. The molecule has 1 aromatic carbocycles. The van der Waals surface area contributed by atoms with E-state index < -0.39 is 6.61 Å². The van der Waals surface area contributed by atoms with Gasteiger partial charge in [-0.1, -0.05) is 24.3 Å². The molecule has 0 saturated carbocycles. The van der Waals surface area contributed by atoms with Gasteiger partial charge in [-0.2, -0.15) is 8.78 Å². The topological polar surface area (TPSA) is 21.3 Å². The molecule has 2 nitrogen and oxygen atoms in total. The predicted molar refractivity (Wildman–Crippen MR) is 66.8 cm³/mol. The number of ether oxygens (including phenoxy) is 1. The summed E-state index contributed by atoms with van der Waals surface area (Å²) in [6.07, 6.45) is 6.36. The van der Waals surface area contributed by atoms with Crippen molar-refractivity contribution >= 4 is 0 Å². The van der Waals surface area contributed by atoms with Crippen LogP contribution in [0.5, 0.6) is 5.75 Å². The second-order valence-electron chi connectivity index (χ2n) is 4.48. The summed E-state index contributed by atoms with van der Waals surface area (Å²) in [5.41, 5.74) is 0.958. The predicted octanol–water partition coefficient (Wildman–Crippen LogP) is 3.66. The Bertz CT molecular complexity index is 412. The van der Waals surface area contributed by atoms with E-state index in [0.717, 1.165) is 18.4 Å². The lowest BCUT2D eigenvalue weighted by atomic mass is 10.1. The highest BCUT2D eigenvalue weighted by atomic mass is 19.3. The van der Waals surface area contributed by atoms with Crippen LogP contribution in [0.3, 0.4) is 0 Å². The molecule has 98 valence electrons. The van der Waals surface area contributed by atoms with Gasteiger partial charge in [-0.15, -0.1) is 0 Å².